The Labute approximate surface area is 331 Å². The lowest BCUT2D eigenvalue weighted by atomic mass is 9.98. The van der Waals surface area contributed by atoms with Crippen LogP contribution in [0.15, 0.2) is 41.3 Å². The number of thiazole rings is 1. The molecule has 3 saturated heterocycles. The van der Waals surface area contributed by atoms with Gasteiger partial charge in [-0.15, -0.1) is 0 Å². The summed E-state index contributed by atoms with van der Waals surface area (Å²) in [5.74, 6) is -1.62. The fraction of sp³-hybridized carbons (Fsp3) is 0.650. The molecule has 7 atom stereocenters. The average Bonchev–Trinajstić information content (AvgIpc) is 3.95. The maximum Gasteiger partial charge on any atom is 0.407 e. The minimum absolute atomic E-state index is 0.00509. The third kappa shape index (κ3) is 8.71. The van der Waals surface area contributed by atoms with E-state index in [1.807, 2.05) is 13.8 Å². The van der Waals surface area contributed by atoms with Crippen LogP contribution in [-0.2, 0) is 30.7 Å². The van der Waals surface area contributed by atoms with E-state index in [0.717, 1.165) is 66.4 Å². The van der Waals surface area contributed by atoms with Gasteiger partial charge in [-0.2, -0.15) is 4.31 Å². The van der Waals surface area contributed by atoms with Crippen molar-refractivity contribution in [3.05, 3.63) is 53.6 Å². The number of hydrogen-bond acceptors (Lipinski definition) is 11. The molecule has 1 amide bonds. The van der Waals surface area contributed by atoms with Gasteiger partial charge in [0.15, 0.2) is 11.4 Å². The number of alkyl carbamates (subject to hydrolysis) is 1. The van der Waals surface area contributed by atoms with Crippen molar-refractivity contribution in [2.24, 2.45) is 23.7 Å². The highest BCUT2D eigenvalue weighted by molar-refractivity contribution is 7.89. The number of sulfonamides is 1. The van der Waals surface area contributed by atoms with E-state index in [1.54, 1.807) is 12.1 Å². The molecular weight excluding hydrogens is 765 g/mol. The van der Waals surface area contributed by atoms with Crippen molar-refractivity contribution in [1.82, 2.24) is 19.5 Å². The Morgan fingerprint density at radius 2 is 1.77 bits per heavy atom. The van der Waals surface area contributed by atoms with Gasteiger partial charge >= 0.3 is 6.09 Å². The van der Waals surface area contributed by atoms with Gasteiger partial charge in [-0.25, -0.2) is 27.0 Å². The summed E-state index contributed by atoms with van der Waals surface area (Å²) in [6, 6.07) is 7.71. The van der Waals surface area contributed by atoms with Gasteiger partial charge in [0.25, 0.3) is 0 Å². The van der Waals surface area contributed by atoms with Crippen molar-refractivity contribution in [2.75, 3.05) is 44.7 Å². The van der Waals surface area contributed by atoms with E-state index in [1.165, 1.54) is 47.4 Å². The zero-order valence-corrected chi connectivity index (χ0v) is 33.6. The van der Waals surface area contributed by atoms with Crippen LogP contribution in [0.3, 0.4) is 0 Å². The lowest BCUT2D eigenvalue weighted by molar-refractivity contribution is -0.169. The molecule has 3 aliphatic heterocycles. The van der Waals surface area contributed by atoms with Crippen molar-refractivity contribution in [3.63, 3.8) is 0 Å². The quantitative estimate of drug-likeness (QED) is 0.184. The van der Waals surface area contributed by atoms with E-state index in [2.05, 4.69) is 15.5 Å². The van der Waals surface area contributed by atoms with Gasteiger partial charge in [0, 0.05) is 62.1 Å². The SMILES string of the molecule is CC(C)CN(C[C@@H](O)C(Cc1cc(F)cc(F)c1)NC(=O)OC1C2COC3OCC1C3C2)S(=O)(=O)c1ccc2nc(NC3CCN(C4CCCC4)CC3)sc2c1. The standard InChI is InChI=1S/C40H53F2N5O7S2/c1-23(2)19-47(56(50,51)30-7-8-33-36(18-30)55-39(44-33)43-28-9-11-46(12-10-28)29-5-3-4-6-29)20-35(48)34(15-24-13-26(41)17-27(42)14-24)45-40(49)54-37-25-16-31-32(37)22-53-38(31)52-21-25/h7-8,13-14,17-18,23,25,28-29,31-32,34-35,37-38,48H,3-6,9-12,15-16,19-22H2,1-2H3,(H,43,44)(H,45,49)/t25?,31?,32?,34?,35-,37?,38?/m1/s1. The number of ether oxygens (including phenoxy) is 3. The van der Waals surface area contributed by atoms with E-state index in [4.69, 9.17) is 19.2 Å². The van der Waals surface area contributed by atoms with E-state index in [-0.39, 0.29) is 53.4 Å². The van der Waals surface area contributed by atoms with Gasteiger partial charge < -0.3 is 34.9 Å². The molecular formula is C40H53F2N5O7S2. The molecule has 2 saturated carbocycles. The summed E-state index contributed by atoms with van der Waals surface area (Å²) >= 11 is 1.42. The second-order valence-electron chi connectivity index (χ2n) is 16.8. The van der Waals surface area contributed by atoms with Crippen molar-refractivity contribution >= 4 is 42.8 Å². The van der Waals surface area contributed by atoms with E-state index >= 15 is 0 Å². The van der Waals surface area contributed by atoms with Crippen LogP contribution in [0.5, 0.6) is 0 Å². The largest absolute Gasteiger partial charge is 0.445 e. The van der Waals surface area contributed by atoms with Gasteiger partial charge in [0.2, 0.25) is 10.0 Å². The second kappa shape index (κ2) is 16.7. The number of hydrogen-bond donors (Lipinski definition) is 3. The summed E-state index contributed by atoms with van der Waals surface area (Å²) in [4.78, 5) is 20.9. The number of nitrogens with zero attached hydrogens (tertiary/aromatic N) is 3. The van der Waals surface area contributed by atoms with Gasteiger partial charge in [0.05, 0.1) is 40.5 Å². The molecule has 306 valence electrons. The van der Waals surface area contributed by atoms with Crippen molar-refractivity contribution in [2.45, 2.75) is 107 Å². The van der Waals surface area contributed by atoms with Crippen LogP contribution < -0.4 is 10.6 Å². The van der Waals surface area contributed by atoms with Crippen LogP contribution in [-0.4, -0.2) is 110 Å². The number of piperidine rings is 1. The van der Waals surface area contributed by atoms with Gasteiger partial charge in [0.1, 0.15) is 17.7 Å². The normalized spacial score (nSPS) is 27.0. The zero-order chi connectivity index (χ0) is 39.1. The maximum atomic E-state index is 14.4. The Kier molecular flexibility index (Phi) is 11.9. The fourth-order valence-electron chi connectivity index (χ4n) is 9.57. The number of likely N-dealkylation sites (tertiary alicyclic amines) is 1. The number of nitrogens with one attached hydrogen (secondary N) is 2. The number of aromatic nitrogens is 1. The highest BCUT2D eigenvalue weighted by Gasteiger charge is 2.56. The summed E-state index contributed by atoms with van der Waals surface area (Å²) < 4.78 is 76.7. The Bertz CT molecular complexity index is 1950. The first kappa shape index (κ1) is 39.8. The Morgan fingerprint density at radius 1 is 1.04 bits per heavy atom. The number of aliphatic hydroxyl groups is 1. The molecule has 12 nitrogen and oxygen atoms in total. The number of benzene rings is 2. The number of halogens is 2. The maximum absolute atomic E-state index is 14.4. The molecule has 3 N–H and O–H groups in total. The third-order valence-electron chi connectivity index (χ3n) is 12.3. The Balaban J connectivity index is 0.971. The molecule has 6 unspecified atom stereocenters. The molecule has 2 aromatic carbocycles. The number of carbonyl (C=O) groups excluding carboxylic acids is 1. The number of fused-ring (bicyclic) bond motifs is 2. The number of anilines is 1. The highest BCUT2D eigenvalue weighted by atomic mass is 32.2. The van der Waals surface area contributed by atoms with Crippen LogP contribution in [0.4, 0.5) is 18.7 Å². The molecule has 1 aromatic heterocycles. The summed E-state index contributed by atoms with van der Waals surface area (Å²) in [7, 11) is -4.16. The topological polar surface area (TPSA) is 143 Å². The lowest BCUT2D eigenvalue weighted by Crippen LogP contribution is -2.52. The number of rotatable bonds is 14. The molecule has 3 aromatic rings. The van der Waals surface area contributed by atoms with Crippen molar-refractivity contribution < 1.29 is 41.3 Å². The Hall–Kier alpha value is -2.99. The van der Waals surface area contributed by atoms with Crippen LogP contribution in [0, 0.1) is 35.3 Å². The minimum atomic E-state index is -4.16. The molecule has 5 fully saturated rings. The molecule has 2 bridgehead atoms. The van der Waals surface area contributed by atoms with Crippen LogP contribution >= 0.6 is 11.3 Å². The third-order valence-corrected chi connectivity index (χ3v) is 15.1. The molecule has 4 heterocycles. The average molecular weight is 818 g/mol. The van der Waals surface area contributed by atoms with Gasteiger partial charge in [-0.1, -0.05) is 38.0 Å². The summed E-state index contributed by atoms with van der Waals surface area (Å²) in [6.07, 6.45) is 4.89. The van der Waals surface area contributed by atoms with E-state index in [9.17, 15) is 27.1 Å². The van der Waals surface area contributed by atoms with Crippen molar-refractivity contribution in [1.29, 1.82) is 0 Å². The van der Waals surface area contributed by atoms with Crippen LogP contribution in [0.1, 0.15) is 64.4 Å². The molecule has 16 heteroatoms. The van der Waals surface area contributed by atoms with Crippen molar-refractivity contribution in [3.8, 4) is 0 Å². The number of aliphatic hydroxyl groups excluding tert-OH is 1. The predicted octanol–water partition coefficient (Wildman–Crippen LogP) is 5.75. The molecule has 56 heavy (non-hydrogen) atoms. The first-order valence-electron chi connectivity index (χ1n) is 20.1. The highest BCUT2D eigenvalue weighted by Crippen LogP contribution is 2.49. The molecule has 5 aliphatic rings. The van der Waals surface area contributed by atoms with Gasteiger partial charge in [-0.3, -0.25) is 0 Å². The fourth-order valence-corrected chi connectivity index (χ4v) is 12.3. The summed E-state index contributed by atoms with van der Waals surface area (Å²) in [6.45, 7) is 6.37. The Morgan fingerprint density at radius 3 is 2.50 bits per heavy atom. The second-order valence-corrected chi connectivity index (χ2v) is 19.8. The zero-order valence-electron chi connectivity index (χ0n) is 31.9. The van der Waals surface area contributed by atoms with Crippen LogP contribution in [0.2, 0.25) is 0 Å². The lowest BCUT2D eigenvalue weighted by Gasteiger charge is -2.36. The smallest absolute Gasteiger partial charge is 0.407 e. The van der Waals surface area contributed by atoms with Gasteiger partial charge in [-0.05, 0) is 80.3 Å². The molecule has 0 spiro atoms. The van der Waals surface area contributed by atoms with E-state index in [0.29, 0.717) is 24.8 Å². The number of carbonyl (C=O) groups is 1. The minimum Gasteiger partial charge on any atom is -0.445 e. The first-order chi connectivity index (χ1) is 26.9. The summed E-state index contributed by atoms with van der Waals surface area (Å²) in [5.41, 5.74) is 0.875. The van der Waals surface area contributed by atoms with E-state index < -0.39 is 52.5 Å². The summed E-state index contributed by atoms with van der Waals surface area (Å²) in [5, 5.41) is 18.8. The first-order valence-corrected chi connectivity index (χ1v) is 22.4. The van der Waals surface area contributed by atoms with Crippen LogP contribution in [0.25, 0.3) is 10.2 Å². The molecule has 2 aliphatic carbocycles. The number of amides is 1. The predicted molar refractivity (Wildman–Crippen MR) is 208 cm³/mol. The monoisotopic (exact) mass is 817 g/mol. The molecule has 8 rings (SSSR count). The molecule has 0 radical (unpaired) electrons.